The average Bonchev–Trinajstić information content (AvgIpc) is 2.75. The lowest BCUT2D eigenvalue weighted by atomic mass is 9.95. The molecule has 1 saturated heterocycles. The van der Waals surface area contributed by atoms with E-state index in [1.54, 1.807) is 0 Å². The molecule has 124 valence electrons. The van der Waals surface area contributed by atoms with Crippen molar-refractivity contribution >= 4 is 0 Å². The number of fused-ring (bicyclic) bond motifs is 1. The number of rotatable bonds is 4. The third-order valence-corrected chi connectivity index (χ3v) is 4.98. The van der Waals surface area contributed by atoms with E-state index in [9.17, 15) is 15.3 Å². The van der Waals surface area contributed by atoms with Crippen LogP contribution in [0.1, 0.15) is 24.0 Å². The molecule has 2 aliphatic rings. The Hall–Kier alpha value is -1.24. The van der Waals surface area contributed by atoms with Gasteiger partial charge in [0.25, 0.3) is 0 Å². The lowest BCUT2D eigenvalue weighted by Crippen LogP contribution is -2.47. The molecule has 0 saturated carbocycles. The molecule has 22 heavy (non-hydrogen) atoms. The number of aliphatic hydroxyl groups is 1. The third kappa shape index (κ3) is 3.09. The Labute approximate surface area is 131 Å². The maximum Gasteiger partial charge on any atom is 0.197 e. The van der Waals surface area contributed by atoms with E-state index in [0.717, 1.165) is 63.0 Å². The summed E-state index contributed by atoms with van der Waals surface area (Å²) in [6, 6.07) is 0. The normalized spacial score (nSPS) is 21.7. The first-order valence-corrected chi connectivity index (χ1v) is 8.27. The number of piperazine rings is 1. The van der Waals surface area contributed by atoms with Crippen LogP contribution in [0.4, 0.5) is 0 Å². The second-order valence-corrected chi connectivity index (χ2v) is 6.68. The van der Waals surface area contributed by atoms with Gasteiger partial charge in [0, 0.05) is 43.9 Å². The first kappa shape index (κ1) is 15.6. The van der Waals surface area contributed by atoms with Crippen LogP contribution in [-0.2, 0) is 19.4 Å². The zero-order valence-corrected chi connectivity index (χ0v) is 13.3. The summed E-state index contributed by atoms with van der Waals surface area (Å²) in [5.41, 5.74) is 1.74. The molecule has 1 aromatic heterocycles. The molecule has 0 amide bonds. The van der Waals surface area contributed by atoms with Gasteiger partial charge in [0.2, 0.25) is 0 Å². The van der Waals surface area contributed by atoms with Crippen molar-refractivity contribution < 1.29 is 15.3 Å². The van der Waals surface area contributed by atoms with E-state index < -0.39 is 6.10 Å². The first-order valence-electron chi connectivity index (χ1n) is 8.27. The second-order valence-electron chi connectivity index (χ2n) is 6.68. The van der Waals surface area contributed by atoms with Gasteiger partial charge in [-0.1, -0.05) is 0 Å². The zero-order chi connectivity index (χ0) is 15.7. The first-order chi connectivity index (χ1) is 10.6. The lowest BCUT2D eigenvalue weighted by molar-refractivity contribution is 0.0683. The van der Waals surface area contributed by atoms with Crippen LogP contribution in [0.5, 0.6) is 11.8 Å². The van der Waals surface area contributed by atoms with Crippen molar-refractivity contribution in [2.45, 2.75) is 38.3 Å². The van der Waals surface area contributed by atoms with Crippen LogP contribution in [0, 0.1) is 0 Å². The number of aliphatic hydroxyl groups excluding tert-OH is 1. The molecule has 3 rings (SSSR count). The molecule has 6 heteroatoms. The molecule has 1 aromatic rings. The fourth-order valence-corrected chi connectivity index (χ4v) is 3.59. The Bertz CT molecular complexity index is 492. The Kier molecular flexibility index (Phi) is 4.61. The van der Waals surface area contributed by atoms with Crippen LogP contribution in [0.3, 0.4) is 0 Å². The maximum atomic E-state index is 10.3. The highest BCUT2D eigenvalue weighted by Crippen LogP contribution is 2.38. The summed E-state index contributed by atoms with van der Waals surface area (Å²) in [4.78, 5) is 4.52. The van der Waals surface area contributed by atoms with Gasteiger partial charge in [-0.05, 0) is 32.7 Å². The van der Waals surface area contributed by atoms with Gasteiger partial charge < -0.3 is 20.2 Å². The molecule has 1 atom stereocenters. The van der Waals surface area contributed by atoms with Crippen molar-refractivity contribution in [2.24, 2.45) is 0 Å². The van der Waals surface area contributed by atoms with E-state index >= 15 is 0 Å². The number of nitrogens with zero attached hydrogens (tertiary/aromatic N) is 3. The van der Waals surface area contributed by atoms with Crippen LogP contribution >= 0.6 is 0 Å². The highest BCUT2D eigenvalue weighted by atomic mass is 16.3. The van der Waals surface area contributed by atoms with Crippen molar-refractivity contribution in [1.29, 1.82) is 0 Å². The summed E-state index contributed by atoms with van der Waals surface area (Å²) in [5, 5.41) is 31.0. The quantitative estimate of drug-likeness (QED) is 0.750. The van der Waals surface area contributed by atoms with E-state index in [1.807, 2.05) is 0 Å². The van der Waals surface area contributed by atoms with Gasteiger partial charge in [-0.25, -0.2) is 0 Å². The van der Waals surface area contributed by atoms with Crippen molar-refractivity contribution in [3.8, 4) is 11.8 Å². The molecule has 1 fully saturated rings. The van der Waals surface area contributed by atoms with E-state index in [2.05, 4.69) is 16.8 Å². The number of likely N-dealkylation sites (N-methyl/N-ethyl adjacent to an activating group) is 1. The molecule has 2 heterocycles. The fourth-order valence-electron chi connectivity index (χ4n) is 3.59. The van der Waals surface area contributed by atoms with Gasteiger partial charge in [0.05, 0.1) is 12.6 Å². The van der Waals surface area contributed by atoms with E-state index in [1.165, 1.54) is 4.57 Å². The Morgan fingerprint density at radius 3 is 2.00 bits per heavy atom. The summed E-state index contributed by atoms with van der Waals surface area (Å²) < 4.78 is 1.48. The number of aromatic nitrogens is 1. The molecule has 3 N–H and O–H groups in total. The van der Waals surface area contributed by atoms with Crippen LogP contribution in [0.15, 0.2) is 0 Å². The molecule has 0 spiro atoms. The monoisotopic (exact) mass is 309 g/mol. The van der Waals surface area contributed by atoms with Crippen molar-refractivity contribution in [3.63, 3.8) is 0 Å². The van der Waals surface area contributed by atoms with Gasteiger partial charge in [-0.3, -0.25) is 9.47 Å². The van der Waals surface area contributed by atoms with E-state index in [4.69, 9.17) is 0 Å². The summed E-state index contributed by atoms with van der Waals surface area (Å²) in [6.07, 6.45) is 3.14. The Morgan fingerprint density at radius 2 is 1.45 bits per heavy atom. The largest absolute Gasteiger partial charge is 0.494 e. The molecule has 0 bridgehead atoms. The molecule has 0 radical (unpaired) electrons. The summed E-state index contributed by atoms with van der Waals surface area (Å²) >= 11 is 0. The molecule has 1 aliphatic heterocycles. The number of hydrogen-bond donors (Lipinski definition) is 3. The smallest absolute Gasteiger partial charge is 0.197 e. The lowest BCUT2D eigenvalue weighted by Gasteiger charge is -2.33. The minimum atomic E-state index is -0.589. The van der Waals surface area contributed by atoms with Crippen LogP contribution in [0.2, 0.25) is 0 Å². The fraction of sp³-hybridized carbons (Fsp3) is 0.750. The van der Waals surface area contributed by atoms with Crippen molar-refractivity contribution in [1.82, 2.24) is 14.4 Å². The summed E-state index contributed by atoms with van der Waals surface area (Å²) in [5.74, 6) is 0.286. The second kappa shape index (κ2) is 6.48. The molecule has 1 unspecified atom stereocenters. The summed E-state index contributed by atoms with van der Waals surface area (Å²) in [7, 11) is 2.11. The zero-order valence-electron chi connectivity index (χ0n) is 13.3. The van der Waals surface area contributed by atoms with Crippen LogP contribution in [0.25, 0.3) is 0 Å². The van der Waals surface area contributed by atoms with E-state index in [-0.39, 0.29) is 18.3 Å². The van der Waals surface area contributed by atoms with Gasteiger partial charge in [0.15, 0.2) is 11.8 Å². The minimum absolute atomic E-state index is 0.143. The van der Waals surface area contributed by atoms with Crippen molar-refractivity contribution in [3.05, 3.63) is 11.1 Å². The predicted octanol–water partition coefficient (Wildman–Crippen LogP) is 0.386. The van der Waals surface area contributed by atoms with Gasteiger partial charge in [-0.2, -0.15) is 0 Å². The van der Waals surface area contributed by atoms with Crippen LogP contribution < -0.4 is 0 Å². The minimum Gasteiger partial charge on any atom is -0.494 e. The molecule has 6 nitrogen and oxygen atoms in total. The standard InChI is InChI=1S/C16H27N3O3/c1-17-6-8-18(9-7-17)10-12(20)11-19-15(21)13-4-2-3-5-14(13)16(19)22/h12,20-22H,2-11H2,1H3. The average molecular weight is 309 g/mol. The summed E-state index contributed by atoms with van der Waals surface area (Å²) in [6.45, 7) is 4.76. The Balaban J connectivity index is 1.64. The number of hydrogen-bond acceptors (Lipinski definition) is 5. The number of β-amino-alcohol motifs (C(OH)–C–C–N with tert-alkyl or cyclic N) is 1. The molecular weight excluding hydrogens is 282 g/mol. The van der Waals surface area contributed by atoms with Gasteiger partial charge >= 0.3 is 0 Å². The van der Waals surface area contributed by atoms with E-state index in [0.29, 0.717) is 6.54 Å². The van der Waals surface area contributed by atoms with Crippen LogP contribution in [-0.4, -0.2) is 75.6 Å². The third-order valence-electron chi connectivity index (χ3n) is 4.98. The highest BCUT2D eigenvalue weighted by Gasteiger charge is 2.26. The topological polar surface area (TPSA) is 72.1 Å². The molecular formula is C16H27N3O3. The van der Waals surface area contributed by atoms with Crippen molar-refractivity contribution in [2.75, 3.05) is 39.8 Å². The Morgan fingerprint density at radius 1 is 0.909 bits per heavy atom. The number of aromatic hydroxyl groups is 2. The van der Waals surface area contributed by atoms with Gasteiger partial charge in [0.1, 0.15) is 0 Å². The van der Waals surface area contributed by atoms with Gasteiger partial charge in [-0.15, -0.1) is 0 Å². The highest BCUT2D eigenvalue weighted by molar-refractivity contribution is 5.46. The molecule has 1 aliphatic carbocycles. The molecule has 0 aromatic carbocycles. The maximum absolute atomic E-state index is 10.3. The SMILES string of the molecule is CN1CCN(CC(O)Cn2c(O)c3c(c2O)CCCC3)CC1. The predicted molar refractivity (Wildman–Crippen MR) is 84.3 cm³/mol.